The Morgan fingerprint density at radius 3 is 2.43 bits per heavy atom. The molecule has 0 radical (unpaired) electrons. The maximum Gasteiger partial charge on any atom is 0.338 e. The van der Waals surface area contributed by atoms with E-state index in [0.29, 0.717) is 12.2 Å². The lowest BCUT2D eigenvalue weighted by Gasteiger charge is -2.07. The minimum absolute atomic E-state index is 0.286. The Labute approximate surface area is 84.2 Å². The molecule has 74 valence electrons. The Bertz CT molecular complexity index is 353. The summed E-state index contributed by atoms with van der Waals surface area (Å²) in [5.74, 6) is -0.286. The van der Waals surface area contributed by atoms with Crippen molar-refractivity contribution in [2.75, 3.05) is 6.61 Å². The molecule has 0 fully saturated rings. The Balaban J connectivity index is 3.07. The second kappa shape index (κ2) is 4.61. The number of hydrogen-bond acceptors (Lipinski definition) is 2. The topological polar surface area (TPSA) is 26.3 Å². The van der Waals surface area contributed by atoms with Crippen LogP contribution in [0.4, 0.5) is 0 Å². The molecule has 0 aromatic heterocycles. The second-order valence-electron chi connectivity index (χ2n) is 3.05. The Morgan fingerprint density at radius 2 is 1.93 bits per heavy atom. The quantitative estimate of drug-likeness (QED) is 0.685. The molecule has 0 saturated heterocycles. The first-order valence-electron chi connectivity index (χ1n) is 4.58. The van der Waals surface area contributed by atoms with Gasteiger partial charge in [0.15, 0.2) is 0 Å². The van der Waals surface area contributed by atoms with Gasteiger partial charge in [-0.3, -0.25) is 0 Å². The van der Waals surface area contributed by atoms with Crippen molar-refractivity contribution in [3.05, 3.63) is 42.0 Å². The molecule has 0 heterocycles. The van der Waals surface area contributed by atoms with E-state index in [-0.39, 0.29) is 5.97 Å². The largest absolute Gasteiger partial charge is 0.462 e. The van der Waals surface area contributed by atoms with Gasteiger partial charge in [0.25, 0.3) is 0 Å². The molecule has 1 aromatic carbocycles. The number of hydrogen-bond donors (Lipinski definition) is 0. The molecule has 0 unspecified atom stereocenters. The fraction of sp³-hybridized carbons (Fsp3) is 0.250. The van der Waals surface area contributed by atoms with Crippen LogP contribution >= 0.6 is 0 Å². The lowest BCUT2D eigenvalue weighted by atomic mass is 10.0. The van der Waals surface area contributed by atoms with Crippen molar-refractivity contribution in [3.8, 4) is 0 Å². The van der Waals surface area contributed by atoms with E-state index in [0.717, 1.165) is 11.1 Å². The van der Waals surface area contributed by atoms with Crippen molar-refractivity contribution in [2.24, 2.45) is 0 Å². The fourth-order valence-electron chi connectivity index (χ4n) is 1.24. The Kier molecular flexibility index (Phi) is 3.46. The summed E-state index contributed by atoms with van der Waals surface area (Å²) in [4.78, 5) is 11.5. The van der Waals surface area contributed by atoms with E-state index in [1.807, 2.05) is 25.1 Å². The number of ether oxygens (including phenoxy) is 1. The van der Waals surface area contributed by atoms with Crippen LogP contribution in [-0.4, -0.2) is 12.6 Å². The van der Waals surface area contributed by atoms with Crippen LogP contribution in [0, 0.1) is 0 Å². The molecule has 0 spiro atoms. The lowest BCUT2D eigenvalue weighted by Crippen LogP contribution is -2.07. The van der Waals surface area contributed by atoms with E-state index in [1.54, 1.807) is 13.0 Å². The molecule has 0 bridgehead atoms. The molecule has 2 nitrogen and oxygen atoms in total. The molecule has 0 atom stereocenters. The molecule has 0 N–H and O–H groups in total. The highest BCUT2D eigenvalue weighted by Crippen LogP contribution is 2.17. The van der Waals surface area contributed by atoms with Gasteiger partial charge in [0.05, 0.1) is 12.2 Å². The summed E-state index contributed by atoms with van der Waals surface area (Å²) in [6, 6.07) is 7.32. The van der Waals surface area contributed by atoms with Crippen LogP contribution in [-0.2, 0) is 4.74 Å². The molecule has 0 amide bonds. The summed E-state index contributed by atoms with van der Waals surface area (Å²) in [5.41, 5.74) is 2.31. The van der Waals surface area contributed by atoms with Crippen molar-refractivity contribution in [1.82, 2.24) is 0 Å². The van der Waals surface area contributed by atoms with Gasteiger partial charge < -0.3 is 4.74 Å². The average Bonchev–Trinajstić information content (AvgIpc) is 2.18. The summed E-state index contributed by atoms with van der Waals surface area (Å²) in [6.45, 7) is 7.88. The smallest absolute Gasteiger partial charge is 0.338 e. The predicted molar refractivity (Wildman–Crippen MR) is 57.1 cm³/mol. The third-order valence-electron chi connectivity index (χ3n) is 1.88. The maximum absolute atomic E-state index is 11.5. The molecule has 1 rings (SSSR count). The van der Waals surface area contributed by atoms with Gasteiger partial charge in [-0.05, 0) is 25.5 Å². The Morgan fingerprint density at radius 1 is 1.36 bits per heavy atom. The van der Waals surface area contributed by atoms with Crippen LogP contribution in [0.5, 0.6) is 0 Å². The molecule has 0 aliphatic heterocycles. The van der Waals surface area contributed by atoms with E-state index in [2.05, 4.69) is 6.58 Å². The van der Waals surface area contributed by atoms with Crippen molar-refractivity contribution in [1.29, 1.82) is 0 Å². The SMILES string of the molecule is C=C(C)c1ccccc1C(=O)OCC. The fourth-order valence-corrected chi connectivity index (χ4v) is 1.24. The summed E-state index contributed by atoms with van der Waals surface area (Å²) >= 11 is 0. The van der Waals surface area contributed by atoms with Gasteiger partial charge >= 0.3 is 5.97 Å². The molecular weight excluding hydrogens is 176 g/mol. The van der Waals surface area contributed by atoms with Gasteiger partial charge in [0.2, 0.25) is 0 Å². The summed E-state index contributed by atoms with van der Waals surface area (Å²) in [6.07, 6.45) is 0. The highest BCUT2D eigenvalue weighted by molar-refractivity contribution is 5.95. The number of allylic oxidation sites excluding steroid dienone is 1. The summed E-state index contributed by atoms with van der Waals surface area (Å²) in [7, 11) is 0. The molecular formula is C12H14O2. The van der Waals surface area contributed by atoms with Crippen LogP contribution in [0.3, 0.4) is 0 Å². The van der Waals surface area contributed by atoms with Crippen molar-refractivity contribution in [2.45, 2.75) is 13.8 Å². The second-order valence-corrected chi connectivity index (χ2v) is 3.05. The number of carbonyl (C=O) groups excluding carboxylic acids is 1. The molecule has 0 aliphatic rings. The number of esters is 1. The predicted octanol–water partition coefficient (Wildman–Crippen LogP) is 2.90. The molecule has 14 heavy (non-hydrogen) atoms. The number of rotatable bonds is 3. The van der Waals surface area contributed by atoms with Crippen molar-refractivity contribution >= 4 is 11.5 Å². The monoisotopic (exact) mass is 190 g/mol. The third kappa shape index (κ3) is 2.22. The summed E-state index contributed by atoms with van der Waals surface area (Å²) < 4.78 is 4.94. The van der Waals surface area contributed by atoms with E-state index < -0.39 is 0 Å². The highest BCUT2D eigenvalue weighted by atomic mass is 16.5. The minimum atomic E-state index is -0.286. The molecule has 0 aliphatic carbocycles. The van der Waals surface area contributed by atoms with Gasteiger partial charge in [-0.1, -0.05) is 30.4 Å². The minimum Gasteiger partial charge on any atom is -0.462 e. The lowest BCUT2D eigenvalue weighted by molar-refractivity contribution is 0.0526. The molecule has 0 saturated carbocycles. The van der Waals surface area contributed by atoms with E-state index in [1.165, 1.54) is 0 Å². The van der Waals surface area contributed by atoms with E-state index >= 15 is 0 Å². The molecule has 2 heteroatoms. The first-order valence-corrected chi connectivity index (χ1v) is 4.58. The van der Waals surface area contributed by atoms with Gasteiger partial charge in [-0.15, -0.1) is 0 Å². The standard InChI is InChI=1S/C12H14O2/c1-4-14-12(13)11-8-6-5-7-10(11)9(2)3/h5-8H,2,4H2,1,3H3. The van der Waals surface area contributed by atoms with Crippen LogP contribution in [0.25, 0.3) is 5.57 Å². The van der Waals surface area contributed by atoms with Gasteiger partial charge in [-0.2, -0.15) is 0 Å². The first-order chi connectivity index (χ1) is 6.66. The van der Waals surface area contributed by atoms with Crippen molar-refractivity contribution < 1.29 is 9.53 Å². The number of carbonyl (C=O) groups is 1. The Hall–Kier alpha value is -1.57. The van der Waals surface area contributed by atoms with Crippen LogP contribution < -0.4 is 0 Å². The van der Waals surface area contributed by atoms with Crippen molar-refractivity contribution in [3.63, 3.8) is 0 Å². The zero-order chi connectivity index (χ0) is 10.6. The first kappa shape index (κ1) is 10.5. The zero-order valence-electron chi connectivity index (χ0n) is 8.54. The van der Waals surface area contributed by atoms with E-state index in [9.17, 15) is 4.79 Å². The normalized spacial score (nSPS) is 9.57. The maximum atomic E-state index is 11.5. The van der Waals surface area contributed by atoms with Gasteiger partial charge in [0.1, 0.15) is 0 Å². The number of benzene rings is 1. The van der Waals surface area contributed by atoms with Crippen LogP contribution in [0.2, 0.25) is 0 Å². The molecule has 1 aromatic rings. The highest BCUT2D eigenvalue weighted by Gasteiger charge is 2.11. The van der Waals surface area contributed by atoms with Crippen LogP contribution in [0.1, 0.15) is 29.8 Å². The van der Waals surface area contributed by atoms with Gasteiger partial charge in [0, 0.05) is 0 Å². The summed E-state index contributed by atoms with van der Waals surface area (Å²) in [5, 5.41) is 0. The van der Waals surface area contributed by atoms with E-state index in [4.69, 9.17) is 4.74 Å². The van der Waals surface area contributed by atoms with Gasteiger partial charge in [-0.25, -0.2) is 4.79 Å². The average molecular weight is 190 g/mol. The zero-order valence-corrected chi connectivity index (χ0v) is 8.54. The third-order valence-corrected chi connectivity index (χ3v) is 1.88. The van der Waals surface area contributed by atoms with Crippen LogP contribution in [0.15, 0.2) is 30.8 Å².